The fourth-order valence-electron chi connectivity index (χ4n) is 4.10. The Balaban J connectivity index is 1.57. The summed E-state index contributed by atoms with van der Waals surface area (Å²) in [5, 5.41) is 2.26. The number of hydrogen-bond acceptors (Lipinski definition) is 6. The molecular formula is C31H31IN2O6. The molecule has 1 heterocycles. The molecule has 4 rings (SSSR count). The first-order valence-corrected chi connectivity index (χ1v) is 14.0. The van der Waals surface area contributed by atoms with Gasteiger partial charge in [-0.15, -0.1) is 0 Å². The third-order valence-corrected chi connectivity index (χ3v) is 7.28. The molecule has 1 saturated heterocycles. The van der Waals surface area contributed by atoms with Gasteiger partial charge in [0.25, 0.3) is 11.8 Å². The molecule has 9 heteroatoms. The second-order valence-corrected chi connectivity index (χ2v) is 10.6. The molecule has 1 aliphatic heterocycles. The van der Waals surface area contributed by atoms with Crippen LogP contribution in [-0.2, 0) is 16.2 Å². The molecule has 0 aromatic heterocycles. The minimum Gasteiger partial charge on any atom is -0.494 e. The highest BCUT2D eigenvalue weighted by Crippen LogP contribution is 2.36. The van der Waals surface area contributed by atoms with Gasteiger partial charge in [-0.3, -0.25) is 14.9 Å². The monoisotopic (exact) mass is 654 g/mol. The van der Waals surface area contributed by atoms with Gasteiger partial charge in [0.15, 0.2) is 11.5 Å². The van der Waals surface area contributed by atoms with Gasteiger partial charge in [0.05, 0.1) is 23.0 Å². The van der Waals surface area contributed by atoms with Crippen LogP contribution in [0.2, 0.25) is 0 Å². The Bertz CT molecular complexity index is 1470. The number of urea groups is 1. The number of benzene rings is 3. The molecule has 4 amide bonds. The average molecular weight is 655 g/mol. The zero-order chi connectivity index (χ0) is 28.8. The van der Waals surface area contributed by atoms with E-state index in [1.165, 1.54) is 24.3 Å². The number of nitrogens with one attached hydrogen (secondary N) is 1. The first kappa shape index (κ1) is 29.1. The van der Waals surface area contributed by atoms with Crippen molar-refractivity contribution < 1.29 is 28.6 Å². The van der Waals surface area contributed by atoms with Crippen molar-refractivity contribution in [3.63, 3.8) is 0 Å². The molecule has 8 nitrogen and oxygen atoms in total. The molecule has 1 N–H and O–H groups in total. The first-order valence-electron chi connectivity index (χ1n) is 12.9. The summed E-state index contributed by atoms with van der Waals surface area (Å²) in [4.78, 5) is 39.6. The number of carbonyl (C=O) groups excluding carboxylic acids is 3. The van der Waals surface area contributed by atoms with Crippen LogP contribution in [0.25, 0.3) is 6.08 Å². The van der Waals surface area contributed by atoms with Crippen molar-refractivity contribution in [1.82, 2.24) is 5.32 Å². The number of barbiturate groups is 1. The summed E-state index contributed by atoms with van der Waals surface area (Å²) in [6.07, 6.45) is 3.38. The second kappa shape index (κ2) is 13.0. The van der Waals surface area contributed by atoms with Gasteiger partial charge >= 0.3 is 6.03 Å². The number of imide groups is 2. The highest BCUT2D eigenvalue weighted by molar-refractivity contribution is 14.1. The SMILES string of the molecule is CCCCOc1ccc(N2C(=O)NC(=O)/C(=C/c3cc(I)c(OCc4ccc(C)c(C)c4)c(OC)c3)C2=O)cc1. The topological polar surface area (TPSA) is 94.2 Å². The normalized spacial score (nSPS) is 14.4. The minimum absolute atomic E-state index is 0.176. The molecule has 0 spiro atoms. The van der Waals surface area contributed by atoms with E-state index in [4.69, 9.17) is 14.2 Å². The van der Waals surface area contributed by atoms with Crippen LogP contribution in [-0.4, -0.2) is 31.6 Å². The Morgan fingerprint density at radius 2 is 1.70 bits per heavy atom. The van der Waals surface area contributed by atoms with Gasteiger partial charge in [-0.05, 0) is 108 Å². The van der Waals surface area contributed by atoms with E-state index in [0.29, 0.717) is 41.7 Å². The van der Waals surface area contributed by atoms with E-state index < -0.39 is 17.8 Å². The maximum atomic E-state index is 13.4. The Hall–Kier alpha value is -3.86. The smallest absolute Gasteiger partial charge is 0.335 e. The van der Waals surface area contributed by atoms with E-state index in [1.807, 2.05) is 6.07 Å². The number of halogens is 1. The Kier molecular flexibility index (Phi) is 9.46. The highest BCUT2D eigenvalue weighted by Gasteiger charge is 2.37. The molecule has 40 heavy (non-hydrogen) atoms. The van der Waals surface area contributed by atoms with Crippen molar-refractivity contribution in [3.8, 4) is 17.2 Å². The van der Waals surface area contributed by atoms with Gasteiger partial charge in [-0.1, -0.05) is 31.5 Å². The van der Waals surface area contributed by atoms with Crippen LogP contribution >= 0.6 is 22.6 Å². The molecule has 0 atom stereocenters. The number of ether oxygens (including phenoxy) is 3. The highest BCUT2D eigenvalue weighted by atomic mass is 127. The lowest BCUT2D eigenvalue weighted by Gasteiger charge is -2.26. The average Bonchev–Trinajstić information content (AvgIpc) is 2.93. The van der Waals surface area contributed by atoms with Crippen LogP contribution < -0.4 is 24.4 Å². The van der Waals surface area contributed by atoms with Crippen LogP contribution in [0.1, 0.15) is 42.0 Å². The van der Waals surface area contributed by atoms with Gasteiger partial charge in [0.2, 0.25) is 0 Å². The number of anilines is 1. The summed E-state index contributed by atoms with van der Waals surface area (Å²) in [5.74, 6) is 0.154. The van der Waals surface area contributed by atoms with E-state index in [1.54, 1.807) is 36.4 Å². The van der Waals surface area contributed by atoms with Gasteiger partial charge < -0.3 is 14.2 Å². The van der Waals surface area contributed by atoms with E-state index in [9.17, 15) is 14.4 Å². The van der Waals surface area contributed by atoms with E-state index in [-0.39, 0.29) is 5.57 Å². The van der Waals surface area contributed by atoms with Crippen molar-refractivity contribution in [2.75, 3.05) is 18.6 Å². The minimum atomic E-state index is -0.811. The van der Waals surface area contributed by atoms with Crippen molar-refractivity contribution >= 4 is 52.2 Å². The fourth-order valence-corrected chi connectivity index (χ4v) is 4.88. The summed E-state index contributed by atoms with van der Waals surface area (Å²) in [6.45, 7) is 7.13. The molecule has 0 radical (unpaired) electrons. The first-order chi connectivity index (χ1) is 19.2. The molecule has 208 valence electrons. The Labute approximate surface area is 247 Å². The van der Waals surface area contributed by atoms with Gasteiger partial charge in [-0.25, -0.2) is 9.69 Å². The zero-order valence-electron chi connectivity index (χ0n) is 22.9. The summed E-state index contributed by atoms with van der Waals surface area (Å²) in [6, 6.07) is 15.4. The lowest BCUT2D eigenvalue weighted by molar-refractivity contribution is -0.122. The van der Waals surface area contributed by atoms with Crippen molar-refractivity contribution in [2.24, 2.45) is 0 Å². The molecule has 1 aliphatic rings. The van der Waals surface area contributed by atoms with Gasteiger partial charge in [-0.2, -0.15) is 0 Å². The Morgan fingerprint density at radius 1 is 0.950 bits per heavy atom. The van der Waals surface area contributed by atoms with Crippen molar-refractivity contribution in [3.05, 3.63) is 86.0 Å². The molecule has 0 unspecified atom stereocenters. The molecule has 0 aliphatic carbocycles. The molecule has 3 aromatic rings. The summed E-state index contributed by atoms with van der Waals surface area (Å²) >= 11 is 2.13. The van der Waals surface area contributed by atoms with Gasteiger partial charge in [0, 0.05) is 0 Å². The van der Waals surface area contributed by atoms with E-state index in [0.717, 1.165) is 26.9 Å². The number of hydrogen-bond donors (Lipinski definition) is 1. The predicted molar refractivity (Wildman–Crippen MR) is 162 cm³/mol. The summed E-state index contributed by atoms with van der Waals surface area (Å²) in [7, 11) is 1.53. The van der Waals surface area contributed by atoms with Crippen LogP contribution in [0.15, 0.2) is 60.2 Å². The number of methoxy groups -OCH3 is 1. The fraction of sp³-hybridized carbons (Fsp3) is 0.258. The number of carbonyl (C=O) groups is 3. The van der Waals surface area contributed by atoms with Crippen LogP contribution in [0.3, 0.4) is 0 Å². The number of amides is 4. The second-order valence-electron chi connectivity index (χ2n) is 9.40. The summed E-state index contributed by atoms with van der Waals surface area (Å²) < 4.78 is 18.1. The van der Waals surface area contributed by atoms with Crippen molar-refractivity contribution in [2.45, 2.75) is 40.2 Å². The molecule has 0 saturated carbocycles. The quantitative estimate of drug-likeness (QED) is 0.119. The molecule has 1 fully saturated rings. The lowest BCUT2D eigenvalue weighted by Crippen LogP contribution is -2.54. The van der Waals surface area contributed by atoms with Crippen LogP contribution in [0.4, 0.5) is 10.5 Å². The van der Waals surface area contributed by atoms with E-state index in [2.05, 4.69) is 60.8 Å². The third-order valence-electron chi connectivity index (χ3n) is 6.48. The van der Waals surface area contributed by atoms with Crippen LogP contribution in [0, 0.1) is 17.4 Å². The predicted octanol–water partition coefficient (Wildman–Crippen LogP) is 6.34. The largest absolute Gasteiger partial charge is 0.494 e. The molecule has 0 bridgehead atoms. The molecular weight excluding hydrogens is 623 g/mol. The maximum absolute atomic E-state index is 13.4. The lowest BCUT2D eigenvalue weighted by atomic mass is 10.1. The number of aryl methyl sites for hydroxylation is 2. The maximum Gasteiger partial charge on any atom is 0.335 e. The molecule has 3 aromatic carbocycles. The standard InChI is InChI=1S/C31H31IN2O6/c1-5-6-13-39-24-11-9-23(10-12-24)34-30(36)25(29(35)33-31(34)37)15-22-16-26(32)28(27(17-22)38-4)40-18-21-8-7-19(2)20(3)14-21/h7-12,14-17H,5-6,13,18H2,1-4H3,(H,33,35,37)/b25-15-. The zero-order valence-corrected chi connectivity index (χ0v) is 25.0. The number of unbranched alkanes of at least 4 members (excludes halogenated alkanes) is 1. The van der Waals surface area contributed by atoms with Crippen molar-refractivity contribution in [1.29, 1.82) is 0 Å². The Morgan fingerprint density at radius 3 is 2.38 bits per heavy atom. The van der Waals surface area contributed by atoms with Crippen LogP contribution in [0.5, 0.6) is 17.2 Å². The number of rotatable bonds is 10. The van der Waals surface area contributed by atoms with Gasteiger partial charge in [0.1, 0.15) is 17.9 Å². The summed E-state index contributed by atoms with van der Waals surface area (Å²) in [5.41, 5.74) is 4.12. The number of nitrogens with zero attached hydrogens (tertiary/aromatic N) is 1. The third kappa shape index (κ3) is 6.64. The van der Waals surface area contributed by atoms with E-state index >= 15 is 0 Å².